The van der Waals surface area contributed by atoms with Crippen molar-refractivity contribution < 1.29 is 10.2 Å². The summed E-state index contributed by atoms with van der Waals surface area (Å²) in [7, 11) is -1.57. The summed E-state index contributed by atoms with van der Waals surface area (Å²) in [6.07, 6.45) is 2.82. The van der Waals surface area contributed by atoms with Crippen molar-refractivity contribution in [2.45, 2.75) is 76.7 Å². The van der Waals surface area contributed by atoms with E-state index in [-0.39, 0.29) is 11.6 Å². The number of aliphatic hydroxyl groups excluding tert-OH is 2. The van der Waals surface area contributed by atoms with Crippen molar-refractivity contribution in [2.24, 2.45) is 0 Å². The molecule has 0 aromatic rings. The van der Waals surface area contributed by atoms with Gasteiger partial charge < -0.3 is 10.2 Å². The van der Waals surface area contributed by atoms with Crippen LogP contribution in [-0.4, -0.2) is 31.0 Å². The fraction of sp³-hybridized carbons (Fsp3) is 1.00. The van der Waals surface area contributed by atoms with Gasteiger partial charge in [0, 0.05) is 0 Å². The molecule has 0 bridgehead atoms. The van der Waals surface area contributed by atoms with Gasteiger partial charge in [0.1, 0.15) is 0 Å². The SMILES string of the molecule is CCCC[C@@H]([C@@H](O)CO)[Si](C)(C)C(C)(C)C. The average Bonchev–Trinajstić information content (AvgIpc) is 2.15. The summed E-state index contributed by atoms with van der Waals surface area (Å²) in [6, 6.07) is 0. The Bertz CT molecular complexity index is 197. The summed E-state index contributed by atoms with van der Waals surface area (Å²) in [4.78, 5) is 0. The minimum Gasteiger partial charge on any atom is -0.394 e. The molecule has 0 saturated carbocycles. The molecule has 98 valence electrons. The van der Waals surface area contributed by atoms with E-state index in [0.29, 0.717) is 5.54 Å². The minimum atomic E-state index is -1.57. The molecule has 0 aromatic carbocycles. The predicted octanol–water partition coefficient (Wildman–Crippen LogP) is 3.41. The average molecular weight is 246 g/mol. The molecule has 0 aliphatic heterocycles. The molecule has 0 fully saturated rings. The van der Waals surface area contributed by atoms with Crippen molar-refractivity contribution in [3.05, 3.63) is 0 Å². The highest BCUT2D eigenvalue weighted by atomic mass is 28.3. The van der Waals surface area contributed by atoms with Crippen molar-refractivity contribution in [3.63, 3.8) is 0 Å². The van der Waals surface area contributed by atoms with Gasteiger partial charge in [-0.25, -0.2) is 0 Å². The maximum atomic E-state index is 10.0. The highest BCUT2D eigenvalue weighted by Crippen LogP contribution is 2.46. The van der Waals surface area contributed by atoms with Crippen molar-refractivity contribution >= 4 is 8.07 Å². The van der Waals surface area contributed by atoms with Gasteiger partial charge in [-0.2, -0.15) is 0 Å². The second-order valence-corrected chi connectivity index (χ2v) is 12.2. The first-order valence-corrected chi connectivity index (χ1v) is 9.55. The van der Waals surface area contributed by atoms with Crippen LogP contribution in [0.1, 0.15) is 47.0 Å². The molecule has 0 rings (SSSR count). The van der Waals surface area contributed by atoms with Gasteiger partial charge in [0.05, 0.1) is 20.8 Å². The normalized spacial score (nSPS) is 17.2. The zero-order valence-electron chi connectivity index (χ0n) is 11.9. The molecule has 0 aliphatic carbocycles. The first-order valence-electron chi connectivity index (χ1n) is 6.47. The fourth-order valence-electron chi connectivity index (χ4n) is 2.14. The summed E-state index contributed by atoms with van der Waals surface area (Å²) in [5.74, 6) is 0. The summed E-state index contributed by atoms with van der Waals surface area (Å²) >= 11 is 0. The number of unbranched alkanes of at least 4 members (excludes halogenated alkanes) is 1. The molecule has 2 N–H and O–H groups in total. The van der Waals surface area contributed by atoms with E-state index >= 15 is 0 Å². The Kier molecular flexibility index (Phi) is 6.23. The molecule has 0 radical (unpaired) electrons. The van der Waals surface area contributed by atoms with Gasteiger partial charge in [-0.15, -0.1) is 0 Å². The highest BCUT2D eigenvalue weighted by Gasteiger charge is 2.44. The molecule has 2 atom stereocenters. The topological polar surface area (TPSA) is 40.5 Å². The van der Waals surface area contributed by atoms with Gasteiger partial charge in [-0.05, 0) is 10.6 Å². The lowest BCUT2D eigenvalue weighted by molar-refractivity contribution is 0.0832. The third-order valence-corrected chi connectivity index (χ3v) is 10.8. The number of rotatable bonds is 6. The predicted molar refractivity (Wildman–Crippen MR) is 73.6 cm³/mol. The van der Waals surface area contributed by atoms with Gasteiger partial charge in [0.15, 0.2) is 0 Å². The van der Waals surface area contributed by atoms with Crippen LogP contribution in [0.25, 0.3) is 0 Å². The number of aliphatic hydroxyl groups is 2. The quantitative estimate of drug-likeness (QED) is 0.705. The van der Waals surface area contributed by atoms with Crippen LogP contribution in [0.3, 0.4) is 0 Å². The van der Waals surface area contributed by atoms with E-state index in [1.165, 1.54) is 0 Å². The van der Waals surface area contributed by atoms with E-state index < -0.39 is 14.2 Å². The van der Waals surface area contributed by atoms with Gasteiger partial charge in [0.2, 0.25) is 0 Å². The molecule has 0 amide bonds. The first kappa shape index (κ1) is 16.1. The van der Waals surface area contributed by atoms with Crippen LogP contribution in [0.4, 0.5) is 0 Å². The minimum absolute atomic E-state index is 0.0963. The van der Waals surface area contributed by atoms with E-state index in [1.54, 1.807) is 0 Å². The molecule has 0 heterocycles. The third-order valence-electron chi connectivity index (χ3n) is 4.38. The van der Waals surface area contributed by atoms with Crippen LogP contribution in [-0.2, 0) is 0 Å². The zero-order chi connectivity index (χ0) is 13.0. The molecule has 2 nitrogen and oxygen atoms in total. The molecule has 0 aromatic heterocycles. The van der Waals surface area contributed by atoms with Gasteiger partial charge in [-0.1, -0.05) is 60.1 Å². The highest BCUT2D eigenvalue weighted by molar-refractivity contribution is 6.81. The van der Waals surface area contributed by atoms with Crippen molar-refractivity contribution in [3.8, 4) is 0 Å². The summed E-state index contributed by atoms with van der Waals surface area (Å²) in [6.45, 7) is 13.6. The molecule has 0 aliphatic rings. The van der Waals surface area contributed by atoms with Gasteiger partial charge in [-0.3, -0.25) is 0 Å². The van der Waals surface area contributed by atoms with E-state index in [0.717, 1.165) is 19.3 Å². The van der Waals surface area contributed by atoms with Crippen LogP contribution < -0.4 is 0 Å². The molecular formula is C13H30O2Si. The Balaban J connectivity index is 4.86. The maximum absolute atomic E-state index is 10.0. The van der Waals surface area contributed by atoms with Crippen LogP contribution >= 0.6 is 0 Å². The number of hydrogen-bond donors (Lipinski definition) is 2. The Labute approximate surface area is 102 Å². The Hall–Kier alpha value is 0.137. The molecule has 0 unspecified atom stereocenters. The van der Waals surface area contributed by atoms with E-state index in [2.05, 4.69) is 40.8 Å². The number of hydrogen-bond acceptors (Lipinski definition) is 2. The first-order chi connectivity index (χ1) is 7.18. The Morgan fingerprint density at radius 1 is 1.19 bits per heavy atom. The van der Waals surface area contributed by atoms with Crippen LogP contribution in [0, 0.1) is 0 Å². The molecule has 3 heteroatoms. The summed E-state index contributed by atoms with van der Waals surface area (Å²) in [5.41, 5.74) is 0.303. The summed E-state index contributed by atoms with van der Waals surface area (Å²) in [5, 5.41) is 19.5. The van der Waals surface area contributed by atoms with Crippen LogP contribution in [0.5, 0.6) is 0 Å². The third kappa shape index (κ3) is 3.86. The lowest BCUT2D eigenvalue weighted by Crippen LogP contribution is -2.47. The lowest BCUT2D eigenvalue weighted by Gasteiger charge is -2.45. The molecular weight excluding hydrogens is 216 g/mol. The van der Waals surface area contributed by atoms with Gasteiger partial charge in [0.25, 0.3) is 0 Å². The fourth-order valence-corrected chi connectivity index (χ4v) is 5.25. The van der Waals surface area contributed by atoms with E-state index in [9.17, 15) is 10.2 Å². The second kappa shape index (κ2) is 6.17. The van der Waals surface area contributed by atoms with Crippen molar-refractivity contribution in [1.82, 2.24) is 0 Å². The molecule has 0 saturated heterocycles. The largest absolute Gasteiger partial charge is 0.394 e. The standard InChI is InChI=1S/C13H30O2Si/c1-7-8-9-12(11(15)10-14)16(5,6)13(2,3)4/h11-12,14-15H,7-10H2,1-6H3/t11-,12-/m0/s1. The van der Waals surface area contributed by atoms with Crippen LogP contribution in [0.2, 0.25) is 23.7 Å². The zero-order valence-corrected chi connectivity index (χ0v) is 12.9. The lowest BCUT2D eigenvalue weighted by atomic mass is 10.1. The Morgan fingerprint density at radius 3 is 2.00 bits per heavy atom. The summed E-state index contributed by atoms with van der Waals surface area (Å²) < 4.78 is 0. The maximum Gasteiger partial charge on any atom is 0.0775 e. The van der Waals surface area contributed by atoms with Gasteiger partial charge >= 0.3 is 0 Å². The van der Waals surface area contributed by atoms with Crippen molar-refractivity contribution in [2.75, 3.05) is 6.61 Å². The van der Waals surface area contributed by atoms with Crippen LogP contribution in [0.15, 0.2) is 0 Å². The Morgan fingerprint density at radius 2 is 1.69 bits per heavy atom. The van der Waals surface area contributed by atoms with E-state index in [4.69, 9.17) is 0 Å². The smallest absolute Gasteiger partial charge is 0.0775 e. The second-order valence-electron chi connectivity index (χ2n) is 6.47. The van der Waals surface area contributed by atoms with Crippen molar-refractivity contribution in [1.29, 1.82) is 0 Å². The monoisotopic (exact) mass is 246 g/mol. The molecule has 16 heavy (non-hydrogen) atoms. The van der Waals surface area contributed by atoms with E-state index in [1.807, 2.05) is 0 Å². The molecule has 0 spiro atoms.